The molecule has 2 aromatic rings. The first-order chi connectivity index (χ1) is 7.66. The van der Waals surface area contributed by atoms with Gasteiger partial charge in [-0.3, -0.25) is 0 Å². The fourth-order valence-corrected chi connectivity index (χ4v) is 2.05. The average molecular weight is 280 g/mol. The molecular weight excluding hydrogens is 266 g/mol. The first-order valence-corrected chi connectivity index (χ1v) is 5.98. The molecule has 0 bridgehead atoms. The van der Waals surface area contributed by atoms with E-state index >= 15 is 0 Å². The maximum atomic E-state index is 5.85. The maximum Gasteiger partial charge on any atom is 0.0991 e. The fourth-order valence-electron chi connectivity index (χ4n) is 1.70. The number of nitrogens with two attached hydrogens (primary N) is 1. The summed E-state index contributed by atoms with van der Waals surface area (Å²) >= 11 is 3.48. The molecule has 4 heteroatoms. The van der Waals surface area contributed by atoms with Gasteiger partial charge < -0.3 is 10.3 Å². The molecule has 0 spiro atoms. The summed E-state index contributed by atoms with van der Waals surface area (Å²) in [6.07, 6.45) is 6.37. The Morgan fingerprint density at radius 1 is 1.50 bits per heavy atom. The van der Waals surface area contributed by atoms with Gasteiger partial charge >= 0.3 is 0 Å². The van der Waals surface area contributed by atoms with Crippen LogP contribution in [0.2, 0.25) is 0 Å². The SMILES string of the molecule is CC(N)Cc1ccc(Br)cc1-n1ccnc1. The van der Waals surface area contributed by atoms with E-state index in [0.29, 0.717) is 0 Å². The molecule has 0 aliphatic rings. The van der Waals surface area contributed by atoms with Gasteiger partial charge in [0, 0.05) is 22.9 Å². The van der Waals surface area contributed by atoms with Crippen LogP contribution in [0.5, 0.6) is 0 Å². The Bertz CT molecular complexity index is 463. The second-order valence-electron chi connectivity index (χ2n) is 3.92. The summed E-state index contributed by atoms with van der Waals surface area (Å²) in [5.74, 6) is 0. The topological polar surface area (TPSA) is 43.8 Å². The van der Waals surface area contributed by atoms with Crippen LogP contribution >= 0.6 is 15.9 Å². The molecule has 84 valence electrons. The van der Waals surface area contributed by atoms with Crippen molar-refractivity contribution in [1.82, 2.24) is 9.55 Å². The minimum Gasteiger partial charge on any atom is -0.328 e. The van der Waals surface area contributed by atoms with Crippen LogP contribution in [0.1, 0.15) is 12.5 Å². The number of aromatic nitrogens is 2. The molecule has 1 heterocycles. The second kappa shape index (κ2) is 4.80. The lowest BCUT2D eigenvalue weighted by Gasteiger charge is -2.12. The summed E-state index contributed by atoms with van der Waals surface area (Å²) in [7, 11) is 0. The van der Waals surface area contributed by atoms with Gasteiger partial charge in [-0.1, -0.05) is 22.0 Å². The normalized spacial score (nSPS) is 12.7. The van der Waals surface area contributed by atoms with Crippen LogP contribution in [0.15, 0.2) is 41.4 Å². The van der Waals surface area contributed by atoms with E-state index in [1.165, 1.54) is 5.56 Å². The highest BCUT2D eigenvalue weighted by atomic mass is 79.9. The summed E-state index contributed by atoms with van der Waals surface area (Å²) in [4.78, 5) is 4.06. The molecule has 0 aliphatic carbocycles. The van der Waals surface area contributed by atoms with Gasteiger partial charge in [0.1, 0.15) is 0 Å². The molecule has 1 unspecified atom stereocenters. The van der Waals surface area contributed by atoms with Crippen molar-refractivity contribution in [3.8, 4) is 5.69 Å². The van der Waals surface area contributed by atoms with Gasteiger partial charge in [0.25, 0.3) is 0 Å². The van der Waals surface area contributed by atoms with Gasteiger partial charge in [0.2, 0.25) is 0 Å². The van der Waals surface area contributed by atoms with Crippen LogP contribution in [0.3, 0.4) is 0 Å². The largest absolute Gasteiger partial charge is 0.328 e. The molecule has 2 rings (SSSR count). The molecule has 16 heavy (non-hydrogen) atoms. The zero-order chi connectivity index (χ0) is 11.5. The van der Waals surface area contributed by atoms with E-state index < -0.39 is 0 Å². The first kappa shape index (κ1) is 11.4. The van der Waals surface area contributed by atoms with Crippen molar-refractivity contribution in [2.24, 2.45) is 5.73 Å². The van der Waals surface area contributed by atoms with Crippen LogP contribution in [-0.4, -0.2) is 15.6 Å². The lowest BCUT2D eigenvalue weighted by atomic mass is 10.1. The van der Waals surface area contributed by atoms with E-state index in [2.05, 4.69) is 33.0 Å². The molecule has 0 radical (unpaired) electrons. The number of halogens is 1. The van der Waals surface area contributed by atoms with Gasteiger partial charge in [-0.2, -0.15) is 0 Å². The first-order valence-electron chi connectivity index (χ1n) is 5.19. The fraction of sp³-hybridized carbons (Fsp3) is 0.250. The summed E-state index contributed by atoms with van der Waals surface area (Å²) in [5.41, 5.74) is 8.21. The van der Waals surface area contributed by atoms with Crippen LogP contribution in [0.25, 0.3) is 5.69 Å². The van der Waals surface area contributed by atoms with Crippen molar-refractivity contribution < 1.29 is 0 Å². The average Bonchev–Trinajstić information content (AvgIpc) is 2.73. The molecule has 3 nitrogen and oxygen atoms in total. The number of imidazole rings is 1. The molecule has 0 amide bonds. The Balaban J connectivity index is 2.45. The van der Waals surface area contributed by atoms with E-state index in [9.17, 15) is 0 Å². The Kier molecular flexibility index (Phi) is 3.41. The Hall–Kier alpha value is -1.13. The summed E-state index contributed by atoms with van der Waals surface area (Å²) in [6.45, 7) is 2.01. The number of rotatable bonds is 3. The van der Waals surface area contributed by atoms with Crippen LogP contribution < -0.4 is 5.73 Å². The third kappa shape index (κ3) is 2.51. The molecule has 1 aromatic carbocycles. The Labute approximate surface area is 103 Å². The lowest BCUT2D eigenvalue weighted by Crippen LogP contribution is -2.18. The van der Waals surface area contributed by atoms with E-state index in [4.69, 9.17) is 5.73 Å². The van der Waals surface area contributed by atoms with Crippen molar-refractivity contribution >= 4 is 15.9 Å². The molecule has 1 aromatic heterocycles. The molecule has 0 aliphatic heterocycles. The lowest BCUT2D eigenvalue weighted by molar-refractivity contribution is 0.733. The number of hydrogen-bond donors (Lipinski definition) is 1. The van der Waals surface area contributed by atoms with Crippen molar-refractivity contribution in [2.75, 3.05) is 0 Å². The van der Waals surface area contributed by atoms with Gasteiger partial charge in [-0.25, -0.2) is 4.98 Å². The standard InChI is InChI=1S/C12H14BrN3/c1-9(14)6-10-2-3-11(13)7-12(10)16-5-4-15-8-16/h2-5,7-9H,6,14H2,1H3. The molecule has 0 saturated heterocycles. The third-order valence-corrected chi connectivity index (χ3v) is 2.87. The third-order valence-electron chi connectivity index (χ3n) is 2.37. The molecule has 2 N–H and O–H groups in total. The smallest absolute Gasteiger partial charge is 0.0991 e. The predicted octanol–water partition coefficient (Wildman–Crippen LogP) is 2.52. The number of hydrogen-bond acceptors (Lipinski definition) is 2. The molecular formula is C12H14BrN3. The Morgan fingerprint density at radius 3 is 2.94 bits per heavy atom. The Morgan fingerprint density at radius 2 is 2.31 bits per heavy atom. The van der Waals surface area contributed by atoms with Crippen molar-refractivity contribution in [1.29, 1.82) is 0 Å². The van der Waals surface area contributed by atoms with Gasteiger partial charge in [-0.05, 0) is 31.0 Å². The van der Waals surface area contributed by atoms with E-state index in [1.807, 2.05) is 23.8 Å². The second-order valence-corrected chi connectivity index (χ2v) is 4.84. The van der Waals surface area contributed by atoms with Crippen molar-refractivity contribution in [3.63, 3.8) is 0 Å². The van der Waals surface area contributed by atoms with Crippen LogP contribution in [0, 0.1) is 0 Å². The highest BCUT2D eigenvalue weighted by Gasteiger charge is 2.07. The maximum absolute atomic E-state index is 5.85. The predicted molar refractivity (Wildman–Crippen MR) is 68.6 cm³/mol. The zero-order valence-electron chi connectivity index (χ0n) is 9.10. The van der Waals surface area contributed by atoms with Crippen molar-refractivity contribution in [3.05, 3.63) is 47.0 Å². The van der Waals surface area contributed by atoms with Crippen molar-refractivity contribution in [2.45, 2.75) is 19.4 Å². The number of benzene rings is 1. The van der Waals surface area contributed by atoms with Gasteiger partial charge in [-0.15, -0.1) is 0 Å². The van der Waals surface area contributed by atoms with Gasteiger partial charge in [0.15, 0.2) is 0 Å². The monoisotopic (exact) mass is 279 g/mol. The molecule has 0 saturated carbocycles. The summed E-state index contributed by atoms with van der Waals surface area (Å²) < 4.78 is 3.06. The minimum absolute atomic E-state index is 0.156. The highest BCUT2D eigenvalue weighted by molar-refractivity contribution is 9.10. The van der Waals surface area contributed by atoms with Crippen LogP contribution in [0.4, 0.5) is 0 Å². The zero-order valence-corrected chi connectivity index (χ0v) is 10.7. The van der Waals surface area contributed by atoms with E-state index in [0.717, 1.165) is 16.6 Å². The molecule has 1 atom stereocenters. The van der Waals surface area contributed by atoms with E-state index in [-0.39, 0.29) is 6.04 Å². The van der Waals surface area contributed by atoms with E-state index in [1.54, 1.807) is 12.5 Å². The van der Waals surface area contributed by atoms with Gasteiger partial charge in [0.05, 0.1) is 12.0 Å². The highest BCUT2D eigenvalue weighted by Crippen LogP contribution is 2.21. The summed E-state index contributed by atoms with van der Waals surface area (Å²) in [6, 6.07) is 6.38. The molecule has 0 fully saturated rings. The quantitative estimate of drug-likeness (QED) is 0.938. The minimum atomic E-state index is 0.156. The van der Waals surface area contributed by atoms with Crippen LogP contribution in [-0.2, 0) is 6.42 Å². The number of nitrogens with zero attached hydrogens (tertiary/aromatic N) is 2. The summed E-state index contributed by atoms with van der Waals surface area (Å²) in [5, 5.41) is 0.